The minimum Gasteiger partial charge on any atom is -0.444 e. The fourth-order valence-corrected chi connectivity index (χ4v) is 2.80. The molecule has 2 rings (SSSR count). The first-order chi connectivity index (χ1) is 10.7. The lowest BCUT2D eigenvalue weighted by atomic mass is 9.89. The van der Waals surface area contributed by atoms with Gasteiger partial charge in [0.25, 0.3) is 0 Å². The summed E-state index contributed by atoms with van der Waals surface area (Å²) in [6.07, 6.45) is 1.04. The quantitative estimate of drug-likeness (QED) is 0.775. The van der Waals surface area contributed by atoms with E-state index in [1.54, 1.807) is 17.9 Å². The Morgan fingerprint density at radius 2 is 1.96 bits per heavy atom. The Bertz CT molecular complexity index is 587. The second-order valence-electron chi connectivity index (χ2n) is 7.15. The van der Waals surface area contributed by atoms with Crippen molar-refractivity contribution in [1.82, 2.24) is 4.90 Å². The molecule has 0 N–H and O–H groups in total. The number of aryl methyl sites for hydroxylation is 1. The Balaban J connectivity index is 2.08. The molecule has 0 radical (unpaired) electrons. The van der Waals surface area contributed by atoms with Gasteiger partial charge in [-0.15, -0.1) is 0 Å². The number of halogens is 1. The first kappa shape index (κ1) is 17.4. The third-order valence-corrected chi connectivity index (χ3v) is 3.77. The van der Waals surface area contributed by atoms with E-state index in [0.29, 0.717) is 30.6 Å². The Hall–Kier alpha value is -1.91. The molecule has 1 heterocycles. The van der Waals surface area contributed by atoms with Crippen LogP contribution in [0.25, 0.3) is 0 Å². The Labute approximate surface area is 136 Å². The van der Waals surface area contributed by atoms with Crippen molar-refractivity contribution in [3.8, 4) is 0 Å². The molecule has 0 saturated carbocycles. The van der Waals surface area contributed by atoms with E-state index in [1.807, 2.05) is 20.8 Å². The number of ether oxygens (including phenoxy) is 1. The molecule has 1 saturated heterocycles. The summed E-state index contributed by atoms with van der Waals surface area (Å²) < 4.78 is 18.9. The van der Waals surface area contributed by atoms with Gasteiger partial charge in [0.2, 0.25) is 0 Å². The number of Topliss-reactive ketones (excluding diaryl/α,β-unsaturated/α-hetero) is 1. The monoisotopic (exact) mass is 321 g/mol. The van der Waals surface area contributed by atoms with Gasteiger partial charge in [0, 0.05) is 24.6 Å². The van der Waals surface area contributed by atoms with E-state index in [2.05, 4.69) is 0 Å². The molecule has 0 unspecified atom stereocenters. The molecule has 1 aromatic carbocycles. The normalized spacial score (nSPS) is 18.7. The number of carbonyl (C=O) groups is 2. The van der Waals surface area contributed by atoms with Gasteiger partial charge >= 0.3 is 6.09 Å². The molecular weight excluding hydrogens is 297 g/mol. The third-order valence-electron chi connectivity index (χ3n) is 3.77. The predicted octanol–water partition coefficient (Wildman–Crippen LogP) is 3.96. The highest BCUT2D eigenvalue weighted by molar-refractivity contribution is 5.98. The lowest BCUT2D eigenvalue weighted by molar-refractivity contribution is 0.0172. The van der Waals surface area contributed by atoms with Gasteiger partial charge in [0.1, 0.15) is 11.4 Å². The predicted molar refractivity (Wildman–Crippen MR) is 86.0 cm³/mol. The number of hydrogen-bond donors (Lipinski definition) is 0. The molecule has 0 aliphatic carbocycles. The molecule has 1 aliphatic rings. The zero-order valence-electron chi connectivity index (χ0n) is 14.2. The Morgan fingerprint density at radius 1 is 1.26 bits per heavy atom. The van der Waals surface area contributed by atoms with Crippen LogP contribution in [0.5, 0.6) is 0 Å². The minimum atomic E-state index is -0.562. The largest absolute Gasteiger partial charge is 0.444 e. The molecule has 0 spiro atoms. The summed E-state index contributed by atoms with van der Waals surface area (Å²) in [5.74, 6) is -0.827. The van der Waals surface area contributed by atoms with Crippen LogP contribution in [0, 0.1) is 18.7 Å². The van der Waals surface area contributed by atoms with Crippen LogP contribution in [0.1, 0.15) is 49.5 Å². The molecule has 126 valence electrons. The van der Waals surface area contributed by atoms with E-state index in [-0.39, 0.29) is 11.7 Å². The number of ketones is 1. The summed E-state index contributed by atoms with van der Waals surface area (Å²) in [5, 5.41) is 0. The zero-order chi connectivity index (χ0) is 17.2. The maximum atomic E-state index is 13.5. The van der Waals surface area contributed by atoms with Gasteiger partial charge in [-0.2, -0.15) is 0 Å². The van der Waals surface area contributed by atoms with Crippen molar-refractivity contribution < 1.29 is 18.7 Å². The fraction of sp³-hybridized carbons (Fsp3) is 0.556. The number of hydrogen-bond acceptors (Lipinski definition) is 3. The van der Waals surface area contributed by atoms with Crippen LogP contribution < -0.4 is 0 Å². The summed E-state index contributed by atoms with van der Waals surface area (Å²) in [6.45, 7) is 8.10. The maximum absolute atomic E-state index is 13.5. The van der Waals surface area contributed by atoms with E-state index in [0.717, 1.165) is 6.42 Å². The van der Waals surface area contributed by atoms with Crippen LogP contribution in [0.3, 0.4) is 0 Å². The molecule has 1 atom stereocenters. The molecule has 5 heteroatoms. The van der Waals surface area contributed by atoms with Crippen molar-refractivity contribution in [3.05, 3.63) is 35.1 Å². The van der Waals surface area contributed by atoms with Crippen molar-refractivity contribution in [2.24, 2.45) is 5.92 Å². The van der Waals surface area contributed by atoms with Crippen LogP contribution in [0.15, 0.2) is 18.2 Å². The average molecular weight is 321 g/mol. The lowest BCUT2D eigenvalue weighted by Gasteiger charge is -2.33. The van der Waals surface area contributed by atoms with Gasteiger partial charge in [0.15, 0.2) is 5.78 Å². The van der Waals surface area contributed by atoms with Crippen LogP contribution in [-0.4, -0.2) is 35.5 Å². The average Bonchev–Trinajstić information content (AvgIpc) is 2.44. The molecule has 1 aliphatic heterocycles. The maximum Gasteiger partial charge on any atom is 0.410 e. The topological polar surface area (TPSA) is 46.6 Å². The van der Waals surface area contributed by atoms with Crippen LogP contribution in [0.2, 0.25) is 0 Å². The SMILES string of the molecule is Cc1cc(F)cc(C(=O)[C@@H]2CCCN(C(=O)OC(C)(C)C)C2)c1. The number of benzene rings is 1. The van der Waals surface area contributed by atoms with Gasteiger partial charge in [-0.3, -0.25) is 4.79 Å². The van der Waals surface area contributed by atoms with Crippen molar-refractivity contribution in [1.29, 1.82) is 0 Å². The number of rotatable bonds is 2. The van der Waals surface area contributed by atoms with Gasteiger partial charge in [0.05, 0.1) is 0 Å². The highest BCUT2D eigenvalue weighted by Gasteiger charge is 2.31. The zero-order valence-corrected chi connectivity index (χ0v) is 14.2. The number of piperidine rings is 1. The van der Waals surface area contributed by atoms with Crippen molar-refractivity contribution in [3.63, 3.8) is 0 Å². The number of carbonyl (C=O) groups excluding carboxylic acids is 2. The van der Waals surface area contributed by atoms with Crippen molar-refractivity contribution in [2.75, 3.05) is 13.1 Å². The molecular formula is C18H24FNO3. The van der Waals surface area contributed by atoms with Crippen LogP contribution in [0.4, 0.5) is 9.18 Å². The van der Waals surface area contributed by atoms with E-state index in [1.165, 1.54) is 12.1 Å². The van der Waals surface area contributed by atoms with Crippen molar-refractivity contribution in [2.45, 2.75) is 46.1 Å². The van der Waals surface area contributed by atoms with E-state index < -0.39 is 17.5 Å². The standard InChI is InChI=1S/C18H24FNO3/c1-12-8-14(10-15(19)9-12)16(21)13-6-5-7-20(11-13)17(22)23-18(2,3)4/h8-10,13H,5-7,11H2,1-4H3/t13-/m1/s1. The van der Waals surface area contributed by atoms with Crippen LogP contribution >= 0.6 is 0 Å². The van der Waals surface area contributed by atoms with Gasteiger partial charge in [-0.25, -0.2) is 9.18 Å². The smallest absolute Gasteiger partial charge is 0.410 e. The lowest BCUT2D eigenvalue weighted by Crippen LogP contribution is -2.44. The molecule has 1 aromatic rings. The summed E-state index contributed by atoms with van der Waals surface area (Å²) in [5.41, 5.74) is 0.528. The van der Waals surface area contributed by atoms with Gasteiger partial charge in [-0.1, -0.05) is 0 Å². The molecule has 0 bridgehead atoms. The number of nitrogens with zero attached hydrogens (tertiary/aromatic N) is 1. The third kappa shape index (κ3) is 4.78. The molecule has 1 fully saturated rings. The Kier molecular flexibility index (Phi) is 5.07. The summed E-state index contributed by atoms with van der Waals surface area (Å²) >= 11 is 0. The van der Waals surface area contributed by atoms with Crippen molar-refractivity contribution >= 4 is 11.9 Å². The molecule has 4 nitrogen and oxygen atoms in total. The van der Waals surface area contributed by atoms with Crippen LogP contribution in [-0.2, 0) is 4.74 Å². The van der Waals surface area contributed by atoms with E-state index >= 15 is 0 Å². The Morgan fingerprint density at radius 3 is 2.57 bits per heavy atom. The summed E-state index contributed by atoms with van der Waals surface area (Å²) in [7, 11) is 0. The summed E-state index contributed by atoms with van der Waals surface area (Å²) in [4.78, 5) is 26.3. The van der Waals surface area contributed by atoms with Gasteiger partial charge < -0.3 is 9.64 Å². The minimum absolute atomic E-state index is 0.110. The highest BCUT2D eigenvalue weighted by atomic mass is 19.1. The van der Waals surface area contributed by atoms with E-state index in [4.69, 9.17) is 4.74 Å². The second kappa shape index (κ2) is 6.69. The number of amides is 1. The first-order valence-electron chi connectivity index (χ1n) is 7.95. The fourth-order valence-electron chi connectivity index (χ4n) is 2.80. The molecule has 0 aromatic heterocycles. The highest BCUT2D eigenvalue weighted by Crippen LogP contribution is 2.23. The molecule has 1 amide bonds. The number of likely N-dealkylation sites (tertiary alicyclic amines) is 1. The van der Waals surface area contributed by atoms with E-state index in [9.17, 15) is 14.0 Å². The second-order valence-corrected chi connectivity index (χ2v) is 7.15. The molecule has 23 heavy (non-hydrogen) atoms. The van der Waals surface area contributed by atoms with Gasteiger partial charge in [-0.05, 0) is 64.3 Å². The summed E-state index contributed by atoms with van der Waals surface area (Å²) in [6, 6.07) is 4.35. The first-order valence-corrected chi connectivity index (χ1v) is 7.95.